The standard InChI is InChI=1S/C21H22ClF3N4O2/c1-13(2)7-16-11-28(15-4-5-18(26-10-15)21(23,24)25)20(31)29(16)12-17(30)8-14-3-6-19(22)27-9-14/h3-6,9-10,13,16H,7-8,11-12H2,1-2H3/t16-/m0/s1. The number of ketones is 1. The Hall–Kier alpha value is -2.68. The average Bonchev–Trinajstić information content (AvgIpc) is 2.98. The van der Waals surface area contributed by atoms with Crippen LogP contribution in [0.4, 0.5) is 23.7 Å². The number of halogens is 4. The Morgan fingerprint density at radius 1 is 1.19 bits per heavy atom. The lowest BCUT2D eigenvalue weighted by atomic mass is 10.0. The van der Waals surface area contributed by atoms with Crippen LogP contribution in [0, 0.1) is 5.92 Å². The first-order chi connectivity index (χ1) is 14.5. The number of pyridine rings is 2. The number of urea groups is 1. The molecule has 0 saturated carbocycles. The van der Waals surface area contributed by atoms with E-state index in [1.54, 1.807) is 12.1 Å². The molecule has 0 spiro atoms. The van der Waals surface area contributed by atoms with E-state index in [4.69, 9.17) is 11.6 Å². The molecule has 3 rings (SSSR count). The van der Waals surface area contributed by atoms with E-state index < -0.39 is 17.9 Å². The van der Waals surface area contributed by atoms with E-state index >= 15 is 0 Å². The first-order valence-corrected chi connectivity index (χ1v) is 10.2. The largest absolute Gasteiger partial charge is 0.433 e. The molecule has 2 aromatic rings. The van der Waals surface area contributed by atoms with Gasteiger partial charge in [-0.2, -0.15) is 13.2 Å². The Kier molecular flexibility index (Phi) is 6.83. The summed E-state index contributed by atoms with van der Waals surface area (Å²) in [7, 11) is 0. The summed E-state index contributed by atoms with van der Waals surface area (Å²) in [5.41, 5.74) is -0.0703. The van der Waals surface area contributed by atoms with Crippen LogP contribution in [0.5, 0.6) is 0 Å². The minimum atomic E-state index is -4.55. The van der Waals surface area contributed by atoms with Gasteiger partial charge in [-0.1, -0.05) is 31.5 Å². The summed E-state index contributed by atoms with van der Waals surface area (Å²) in [5, 5.41) is 0.323. The fourth-order valence-corrected chi connectivity index (χ4v) is 3.67. The Morgan fingerprint density at radius 3 is 2.48 bits per heavy atom. The molecule has 10 heteroatoms. The minimum Gasteiger partial charge on any atom is -0.312 e. The molecular formula is C21H22ClF3N4O2. The molecule has 0 radical (unpaired) electrons. The van der Waals surface area contributed by atoms with Crippen molar-refractivity contribution in [1.82, 2.24) is 14.9 Å². The van der Waals surface area contributed by atoms with Gasteiger partial charge in [0.05, 0.1) is 24.5 Å². The highest BCUT2D eigenvalue weighted by Gasteiger charge is 2.39. The van der Waals surface area contributed by atoms with Crippen molar-refractivity contribution in [3.8, 4) is 0 Å². The van der Waals surface area contributed by atoms with E-state index in [0.29, 0.717) is 17.1 Å². The van der Waals surface area contributed by atoms with Crippen LogP contribution in [0.1, 0.15) is 31.5 Å². The van der Waals surface area contributed by atoms with Crippen LogP contribution in [0.25, 0.3) is 0 Å². The zero-order valence-electron chi connectivity index (χ0n) is 17.1. The summed E-state index contributed by atoms with van der Waals surface area (Å²) in [5.74, 6) is 0.0974. The lowest BCUT2D eigenvalue weighted by Gasteiger charge is -2.23. The van der Waals surface area contributed by atoms with Crippen molar-refractivity contribution in [3.05, 3.63) is 53.1 Å². The van der Waals surface area contributed by atoms with Gasteiger partial charge in [0.25, 0.3) is 0 Å². The Labute approximate surface area is 183 Å². The van der Waals surface area contributed by atoms with Gasteiger partial charge in [0.2, 0.25) is 0 Å². The van der Waals surface area contributed by atoms with Crippen molar-refractivity contribution in [3.63, 3.8) is 0 Å². The van der Waals surface area contributed by atoms with Gasteiger partial charge in [0, 0.05) is 19.2 Å². The van der Waals surface area contributed by atoms with Crippen LogP contribution in [0.2, 0.25) is 5.15 Å². The third-order valence-electron chi connectivity index (χ3n) is 4.94. The average molecular weight is 455 g/mol. The van der Waals surface area contributed by atoms with Gasteiger partial charge in [-0.05, 0) is 36.1 Å². The fraction of sp³-hybridized carbons (Fsp3) is 0.429. The summed E-state index contributed by atoms with van der Waals surface area (Å²) in [6.45, 7) is 4.20. The first-order valence-electron chi connectivity index (χ1n) is 9.78. The molecule has 1 aliphatic heterocycles. The van der Waals surface area contributed by atoms with Crippen LogP contribution < -0.4 is 4.90 Å². The van der Waals surface area contributed by atoms with Gasteiger partial charge >= 0.3 is 12.2 Å². The second-order valence-corrected chi connectivity index (χ2v) is 8.30. The molecule has 2 amide bonds. The number of nitrogens with zero attached hydrogens (tertiary/aromatic N) is 4. The lowest BCUT2D eigenvalue weighted by molar-refractivity contribution is -0.141. The number of hydrogen-bond acceptors (Lipinski definition) is 4. The predicted molar refractivity (Wildman–Crippen MR) is 110 cm³/mol. The van der Waals surface area contributed by atoms with E-state index in [1.807, 2.05) is 13.8 Å². The number of Topliss-reactive ketones (excluding diaryl/α,β-unsaturated/α-hetero) is 1. The van der Waals surface area contributed by atoms with Crippen LogP contribution in [-0.2, 0) is 17.4 Å². The monoisotopic (exact) mass is 454 g/mol. The van der Waals surface area contributed by atoms with E-state index in [9.17, 15) is 22.8 Å². The van der Waals surface area contributed by atoms with Crippen molar-refractivity contribution in [2.24, 2.45) is 5.92 Å². The summed E-state index contributed by atoms with van der Waals surface area (Å²) >= 11 is 5.76. The highest BCUT2D eigenvalue weighted by atomic mass is 35.5. The zero-order chi connectivity index (χ0) is 22.8. The molecule has 0 unspecified atom stereocenters. The molecule has 2 aromatic heterocycles. The lowest BCUT2D eigenvalue weighted by Crippen LogP contribution is -2.40. The number of aromatic nitrogens is 2. The number of hydrogen-bond donors (Lipinski definition) is 0. The normalized spacial score (nSPS) is 17.0. The second kappa shape index (κ2) is 9.21. The zero-order valence-corrected chi connectivity index (χ0v) is 17.8. The third kappa shape index (κ3) is 5.72. The number of carbonyl (C=O) groups excluding carboxylic acids is 2. The summed E-state index contributed by atoms with van der Waals surface area (Å²) in [6.07, 6.45) is -1.24. The number of carbonyl (C=O) groups is 2. The Bertz CT molecular complexity index is 933. The van der Waals surface area contributed by atoms with Gasteiger partial charge in [0.1, 0.15) is 10.8 Å². The highest BCUT2D eigenvalue weighted by Crippen LogP contribution is 2.31. The molecule has 0 aromatic carbocycles. The first kappa shape index (κ1) is 23.0. The van der Waals surface area contributed by atoms with E-state index in [1.165, 1.54) is 22.1 Å². The second-order valence-electron chi connectivity index (χ2n) is 7.91. The van der Waals surface area contributed by atoms with E-state index in [2.05, 4.69) is 9.97 Å². The Balaban J connectivity index is 1.75. The van der Waals surface area contributed by atoms with Crippen LogP contribution in [0.15, 0.2) is 36.7 Å². The van der Waals surface area contributed by atoms with Crippen molar-refractivity contribution in [2.45, 2.75) is 38.9 Å². The van der Waals surface area contributed by atoms with Gasteiger partial charge < -0.3 is 4.90 Å². The third-order valence-corrected chi connectivity index (χ3v) is 5.16. The summed E-state index contributed by atoms with van der Waals surface area (Å²) in [6, 6.07) is 4.71. The van der Waals surface area contributed by atoms with E-state index in [0.717, 1.165) is 12.3 Å². The van der Waals surface area contributed by atoms with Crippen LogP contribution in [0.3, 0.4) is 0 Å². The maximum Gasteiger partial charge on any atom is 0.433 e. The summed E-state index contributed by atoms with van der Waals surface area (Å²) < 4.78 is 38.4. The molecule has 166 valence electrons. The number of alkyl halides is 3. The van der Waals surface area contributed by atoms with Gasteiger partial charge in [-0.3, -0.25) is 9.69 Å². The molecule has 1 atom stereocenters. The highest BCUT2D eigenvalue weighted by molar-refractivity contribution is 6.29. The van der Waals surface area contributed by atoms with Crippen molar-refractivity contribution < 1.29 is 22.8 Å². The SMILES string of the molecule is CC(C)C[C@H]1CN(c2ccc(C(F)(F)F)nc2)C(=O)N1CC(=O)Cc1ccc(Cl)nc1. The maximum atomic E-state index is 13.0. The number of amides is 2. The minimum absolute atomic E-state index is 0.0938. The molecule has 31 heavy (non-hydrogen) atoms. The van der Waals surface area contributed by atoms with Crippen molar-refractivity contribution >= 4 is 29.1 Å². The maximum absolute atomic E-state index is 13.0. The quantitative estimate of drug-likeness (QED) is 0.573. The van der Waals surface area contributed by atoms with Crippen molar-refractivity contribution in [2.75, 3.05) is 18.0 Å². The summed E-state index contributed by atoms with van der Waals surface area (Å²) in [4.78, 5) is 35.9. The molecule has 0 bridgehead atoms. The topological polar surface area (TPSA) is 66.4 Å². The molecule has 3 heterocycles. The molecular weight excluding hydrogens is 433 g/mol. The molecule has 1 aliphatic rings. The van der Waals surface area contributed by atoms with Gasteiger partial charge in [0.15, 0.2) is 5.78 Å². The van der Waals surface area contributed by atoms with Crippen LogP contribution in [-0.4, -0.2) is 45.8 Å². The van der Waals surface area contributed by atoms with E-state index in [-0.39, 0.29) is 42.9 Å². The molecule has 6 nitrogen and oxygen atoms in total. The van der Waals surface area contributed by atoms with Crippen molar-refractivity contribution in [1.29, 1.82) is 0 Å². The molecule has 0 N–H and O–H groups in total. The number of anilines is 1. The smallest absolute Gasteiger partial charge is 0.312 e. The Morgan fingerprint density at radius 2 is 1.94 bits per heavy atom. The van der Waals surface area contributed by atoms with Crippen LogP contribution >= 0.6 is 11.6 Å². The molecule has 1 saturated heterocycles. The van der Waals surface area contributed by atoms with Gasteiger partial charge in [-0.25, -0.2) is 14.8 Å². The fourth-order valence-electron chi connectivity index (χ4n) is 3.56. The predicted octanol–water partition coefficient (Wildman–Crippen LogP) is 4.62. The molecule has 1 fully saturated rings. The van der Waals surface area contributed by atoms with Gasteiger partial charge in [-0.15, -0.1) is 0 Å². The number of rotatable bonds is 7. The molecule has 0 aliphatic carbocycles.